The Morgan fingerprint density at radius 3 is 2.56 bits per heavy atom. The van der Waals surface area contributed by atoms with Gasteiger partial charge >= 0.3 is 0 Å². The normalized spacial score (nSPS) is 17.2. The summed E-state index contributed by atoms with van der Waals surface area (Å²) in [6.45, 7) is 6.54. The maximum absolute atomic E-state index is 11.5. The van der Waals surface area contributed by atoms with E-state index in [2.05, 4.69) is 56.0 Å². The lowest BCUT2D eigenvalue weighted by Gasteiger charge is -2.28. The van der Waals surface area contributed by atoms with Gasteiger partial charge in [0.05, 0.1) is 17.8 Å². The molecule has 182 valence electrons. The van der Waals surface area contributed by atoms with Gasteiger partial charge in [-0.3, -0.25) is 14.8 Å². The van der Waals surface area contributed by atoms with Crippen LogP contribution in [0, 0.1) is 13.8 Å². The molecule has 0 bridgehead atoms. The van der Waals surface area contributed by atoms with E-state index in [0.717, 1.165) is 29.2 Å². The number of carbonyl (C=O) groups excluding carboxylic acids is 1. The molecule has 36 heavy (non-hydrogen) atoms. The molecule has 8 heteroatoms. The fourth-order valence-electron chi connectivity index (χ4n) is 4.90. The highest BCUT2D eigenvalue weighted by Gasteiger charge is 2.42. The van der Waals surface area contributed by atoms with Crippen molar-refractivity contribution < 1.29 is 4.79 Å². The Balaban J connectivity index is 1.58. The number of thiocarbonyl (C=S) groups is 1. The van der Waals surface area contributed by atoms with E-state index in [9.17, 15) is 4.79 Å². The van der Waals surface area contributed by atoms with Crippen molar-refractivity contribution in [3.63, 3.8) is 0 Å². The first-order valence-electron chi connectivity index (χ1n) is 11.9. The van der Waals surface area contributed by atoms with Crippen LogP contribution in [0.5, 0.6) is 0 Å². The van der Waals surface area contributed by atoms with Gasteiger partial charge in [0.25, 0.3) is 0 Å². The minimum Gasteiger partial charge on any atom is -0.351 e. The molecule has 0 spiro atoms. The number of anilines is 2. The summed E-state index contributed by atoms with van der Waals surface area (Å²) in [6, 6.07) is 19.8. The lowest BCUT2D eigenvalue weighted by Crippen LogP contribution is -2.29. The molecule has 2 unspecified atom stereocenters. The number of hydrogen-bond donors (Lipinski definition) is 2. The molecule has 1 aromatic carbocycles. The number of nitrogens with one attached hydrogen (secondary N) is 2. The Morgan fingerprint density at radius 2 is 1.89 bits per heavy atom. The van der Waals surface area contributed by atoms with E-state index in [4.69, 9.17) is 12.2 Å². The average Bonchev–Trinajstić information content (AvgIpc) is 3.36. The Labute approximate surface area is 216 Å². The van der Waals surface area contributed by atoms with Crippen LogP contribution < -0.4 is 15.5 Å². The Bertz CT molecular complexity index is 1390. The first-order valence-corrected chi connectivity index (χ1v) is 12.3. The summed E-state index contributed by atoms with van der Waals surface area (Å²) in [5.74, 6) is -0.102. The van der Waals surface area contributed by atoms with Gasteiger partial charge in [0.1, 0.15) is 0 Å². The van der Waals surface area contributed by atoms with Gasteiger partial charge < -0.3 is 20.1 Å². The molecule has 7 nitrogen and oxygen atoms in total. The number of aromatic nitrogens is 3. The van der Waals surface area contributed by atoms with E-state index < -0.39 is 0 Å². The molecule has 1 saturated heterocycles. The van der Waals surface area contributed by atoms with Gasteiger partial charge in [0.2, 0.25) is 5.91 Å². The minimum absolute atomic E-state index is 0.102. The zero-order valence-corrected chi connectivity index (χ0v) is 21.3. The van der Waals surface area contributed by atoms with Crippen LogP contribution in [-0.2, 0) is 11.3 Å². The van der Waals surface area contributed by atoms with E-state index in [0.29, 0.717) is 5.11 Å². The van der Waals surface area contributed by atoms with Crippen LogP contribution in [0.4, 0.5) is 11.4 Å². The molecule has 2 N–H and O–H groups in total. The highest BCUT2D eigenvalue weighted by molar-refractivity contribution is 7.80. The third-order valence-electron chi connectivity index (χ3n) is 6.56. The van der Waals surface area contributed by atoms with Crippen LogP contribution in [0.2, 0.25) is 0 Å². The maximum atomic E-state index is 11.5. The Morgan fingerprint density at radius 1 is 1.08 bits per heavy atom. The second-order valence-electron chi connectivity index (χ2n) is 9.00. The van der Waals surface area contributed by atoms with Crippen molar-refractivity contribution in [3.05, 3.63) is 107 Å². The molecule has 3 aromatic heterocycles. The number of benzene rings is 1. The summed E-state index contributed by atoms with van der Waals surface area (Å²) >= 11 is 5.87. The fourth-order valence-corrected chi connectivity index (χ4v) is 5.25. The average molecular weight is 497 g/mol. The number of rotatable bonds is 6. The first-order chi connectivity index (χ1) is 17.4. The van der Waals surface area contributed by atoms with Crippen LogP contribution in [0.3, 0.4) is 0 Å². The van der Waals surface area contributed by atoms with Gasteiger partial charge in [0, 0.05) is 54.8 Å². The molecule has 4 heterocycles. The van der Waals surface area contributed by atoms with E-state index >= 15 is 0 Å². The molecule has 0 saturated carbocycles. The predicted octanol–water partition coefficient (Wildman–Crippen LogP) is 5.08. The van der Waals surface area contributed by atoms with Gasteiger partial charge in [-0.15, -0.1) is 0 Å². The molecule has 1 aliphatic heterocycles. The van der Waals surface area contributed by atoms with E-state index in [1.807, 2.05) is 60.9 Å². The topological polar surface area (TPSA) is 75.1 Å². The van der Waals surface area contributed by atoms with Crippen molar-refractivity contribution >= 4 is 34.6 Å². The summed E-state index contributed by atoms with van der Waals surface area (Å²) in [5, 5.41) is 6.99. The van der Waals surface area contributed by atoms with Crippen LogP contribution >= 0.6 is 12.2 Å². The quantitative estimate of drug-likeness (QED) is 0.363. The van der Waals surface area contributed by atoms with Crippen LogP contribution in [0.25, 0.3) is 0 Å². The molecular weight excluding hydrogens is 468 g/mol. The zero-order valence-electron chi connectivity index (χ0n) is 20.5. The molecule has 0 radical (unpaired) electrons. The van der Waals surface area contributed by atoms with Crippen LogP contribution in [-0.4, -0.2) is 25.6 Å². The molecule has 1 aliphatic rings. The monoisotopic (exact) mass is 496 g/mol. The van der Waals surface area contributed by atoms with Gasteiger partial charge in [-0.25, -0.2) is 0 Å². The number of aryl methyl sites for hydroxylation is 1. The third-order valence-corrected chi connectivity index (χ3v) is 6.87. The molecule has 1 amide bonds. The van der Waals surface area contributed by atoms with Gasteiger partial charge in [0.15, 0.2) is 5.11 Å². The van der Waals surface area contributed by atoms with E-state index in [-0.39, 0.29) is 18.0 Å². The molecule has 0 aliphatic carbocycles. The third kappa shape index (κ3) is 4.59. The van der Waals surface area contributed by atoms with Crippen molar-refractivity contribution in [3.8, 4) is 0 Å². The van der Waals surface area contributed by atoms with Gasteiger partial charge in [-0.2, -0.15) is 0 Å². The zero-order chi connectivity index (χ0) is 25.2. The van der Waals surface area contributed by atoms with Crippen molar-refractivity contribution in [1.29, 1.82) is 0 Å². The molecule has 4 aromatic rings. The summed E-state index contributed by atoms with van der Waals surface area (Å²) < 4.78 is 2.32. The van der Waals surface area contributed by atoms with Crippen molar-refractivity contribution in [2.45, 2.75) is 39.4 Å². The standard InChI is InChI=1S/C28H28N6OS/c1-18-15-24(19(2)33(18)17-21-7-6-13-29-16-21)27-26(25-8-4-5-14-30-25)32-28(36)34(27)23-11-9-22(10-12-23)31-20(3)35/h4-16,26-27H,17H2,1-3H3,(H,31,35)(H,32,36). The maximum Gasteiger partial charge on any atom is 0.221 e. The minimum atomic E-state index is -0.124. The largest absolute Gasteiger partial charge is 0.351 e. The highest BCUT2D eigenvalue weighted by Crippen LogP contribution is 2.43. The summed E-state index contributed by atoms with van der Waals surface area (Å²) in [6.07, 6.45) is 5.51. The summed E-state index contributed by atoms with van der Waals surface area (Å²) in [5.41, 5.74) is 7.31. The molecule has 5 rings (SSSR count). The molecule has 1 fully saturated rings. The Kier molecular flexibility index (Phi) is 6.52. The van der Waals surface area contributed by atoms with Crippen LogP contribution in [0.1, 0.15) is 47.2 Å². The van der Waals surface area contributed by atoms with Crippen LogP contribution in [0.15, 0.2) is 79.3 Å². The number of nitrogens with zero attached hydrogens (tertiary/aromatic N) is 4. The molecule has 2 atom stereocenters. The van der Waals surface area contributed by atoms with Gasteiger partial charge in [-0.1, -0.05) is 12.1 Å². The number of carbonyl (C=O) groups is 1. The fraction of sp³-hybridized carbons (Fsp3) is 0.214. The Hall–Kier alpha value is -4.04. The lowest BCUT2D eigenvalue weighted by molar-refractivity contribution is -0.114. The van der Waals surface area contributed by atoms with Crippen molar-refractivity contribution in [2.75, 3.05) is 10.2 Å². The number of amides is 1. The highest BCUT2D eigenvalue weighted by atomic mass is 32.1. The van der Waals surface area contributed by atoms with Crippen molar-refractivity contribution in [1.82, 2.24) is 19.9 Å². The van der Waals surface area contributed by atoms with Gasteiger partial charge in [-0.05, 0) is 85.7 Å². The van der Waals surface area contributed by atoms with E-state index in [1.165, 1.54) is 23.9 Å². The first kappa shape index (κ1) is 23.7. The second kappa shape index (κ2) is 9.91. The summed E-state index contributed by atoms with van der Waals surface area (Å²) in [7, 11) is 0. The van der Waals surface area contributed by atoms with Crippen molar-refractivity contribution in [2.24, 2.45) is 0 Å². The smallest absolute Gasteiger partial charge is 0.221 e. The second-order valence-corrected chi connectivity index (χ2v) is 9.39. The predicted molar refractivity (Wildman–Crippen MR) is 146 cm³/mol. The number of pyridine rings is 2. The summed E-state index contributed by atoms with van der Waals surface area (Å²) in [4.78, 5) is 22.6. The number of hydrogen-bond acceptors (Lipinski definition) is 4. The lowest BCUT2D eigenvalue weighted by atomic mass is 9.96. The molecular formula is C28H28N6OS. The SMILES string of the molecule is CC(=O)Nc1ccc(N2C(=S)NC(c3ccccn3)C2c2cc(C)n(Cc3cccnc3)c2C)cc1. The van der Waals surface area contributed by atoms with E-state index in [1.54, 1.807) is 6.20 Å².